The minimum Gasteiger partial charge on any atom is -0.454 e. The number of halogens is 3. The van der Waals surface area contributed by atoms with E-state index in [1.165, 1.54) is 43.3 Å². The zero-order valence-corrected chi connectivity index (χ0v) is 21.9. The Balaban J connectivity index is 1.46. The Morgan fingerprint density at radius 1 is 0.923 bits per heavy atom. The number of hydrogen-bond acceptors (Lipinski definition) is 7. The second-order valence-corrected chi connectivity index (χ2v) is 12.1. The van der Waals surface area contributed by atoms with Crippen LogP contribution in [0.15, 0.2) is 71.6 Å². The molecule has 0 atom stereocenters. The molecule has 3 aromatic carbocycles. The van der Waals surface area contributed by atoms with E-state index >= 15 is 0 Å². The molecule has 1 aliphatic rings. The molecule has 10 nitrogen and oxygen atoms in total. The first-order chi connectivity index (χ1) is 18.3. The number of hydrogen-bond donors (Lipinski definition) is 2. The van der Waals surface area contributed by atoms with Crippen molar-refractivity contribution in [1.82, 2.24) is 0 Å². The molecule has 0 bridgehead atoms. The summed E-state index contributed by atoms with van der Waals surface area (Å²) in [4.78, 5) is 12.5. The molecule has 0 saturated heterocycles. The number of benzene rings is 3. The number of alkyl halides is 3. The Morgan fingerprint density at radius 3 is 2.28 bits per heavy atom. The quantitative estimate of drug-likeness (QED) is 0.388. The predicted molar refractivity (Wildman–Crippen MR) is 137 cm³/mol. The summed E-state index contributed by atoms with van der Waals surface area (Å²) in [6.45, 7) is 0.841. The van der Waals surface area contributed by atoms with Gasteiger partial charge in [-0.15, -0.1) is 0 Å². The van der Waals surface area contributed by atoms with Crippen molar-refractivity contribution in [2.75, 3.05) is 33.4 Å². The fraction of sp³-hybridized carbons (Fsp3) is 0.208. The molecule has 15 heteroatoms. The summed E-state index contributed by atoms with van der Waals surface area (Å²) < 4.78 is 103. The number of ether oxygens (including phenoxy) is 2. The Bertz CT molecular complexity index is 1590. The number of amides is 1. The van der Waals surface area contributed by atoms with Crippen LogP contribution in [0.2, 0.25) is 0 Å². The van der Waals surface area contributed by atoms with Gasteiger partial charge in [0.2, 0.25) is 22.7 Å². The molecule has 0 saturated carbocycles. The van der Waals surface area contributed by atoms with Crippen LogP contribution in [-0.4, -0.2) is 41.8 Å². The van der Waals surface area contributed by atoms with Gasteiger partial charge in [-0.05, 0) is 61.5 Å². The van der Waals surface area contributed by atoms with Crippen molar-refractivity contribution in [2.45, 2.75) is 18.0 Å². The van der Waals surface area contributed by atoms with Gasteiger partial charge in [0.05, 0.1) is 21.9 Å². The van der Waals surface area contributed by atoms with E-state index in [0.717, 1.165) is 28.6 Å². The third-order valence-electron chi connectivity index (χ3n) is 5.52. The first-order valence-electron chi connectivity index (χ1n) is 11.3. The molecule has 0 spiro atoms. The Kier molecular flexibility index (Phi) is 7.66. The van der Waals surface area contributed by atoms with Gasteiger partial charge in [-0.1, -0.05) is 6.07 Å². The molecule has 0 radical (unpaired) electrons. The van der Waals surface area contributed by atoms with E-state index in [2.05, 4.69) is 10.0 Å². The van der Waals surface area contributed by atoms with Crippen LogP contribution in [0.25, 0.3) is 0 Å². The van der Waals surface area contributed by atoms with Gasteiger partial charge in [0.1, 0.15) is 6.54 Å². The molecule has 1 heterocycles. The normalized spacial score (nSPS) is 13.1. The van der Waals surface area contributed by atoms with Crippen molar-refractivity contribution in [3.05, 3.63) is 72.3 Å². The molecule has 3 aromatic rings. The van der Waals surface area contributed by atoms with Gasteiger partial charge in [0, 0.05) is 17.4 Å². The maximum Gasteiger partial charge on any atom is 0.416 e. The zero-order valence-electron chi connectivity index (χ0n) is 20.2. The third-order valence-corrected chi connectivity index (χ3v) is 8.66. The van der Waals surface area contributed by atoms with E-state index in [4.69, 9.17) is 9.47 Å². The Hall–Kier alpha value is -3.98. The van der Waals surface area contributed by atoms with E-state index in [1.807, 2.05) is 0 Å². The molecular formula is C24H22F3N3O7S2. The van der Waals surface area contributed by atoms with Gasteiger partial charge in [-0.2, -0.15) is 13.2 Å². The molecule has 208 valence electrons. The molecule has 2 N–H and O–H groups in total. The molecule has 4 rings (SSSR count). The van der Waals surface area contributed by atoms with Crippen molar-refractivity contribution in [3.8, 4) is 11.5 Å². The van der Waals surface area contributed by atoms with Crippen molar-refractivity contribution < 1.29 is 44.3 Å². The maximum absolute atomic E-state index is 12.9. The molecule has 0 aliphatic carbocycles. The number of sulfonamides is 2. The summed E-state index contributed by atoms with van der Waals surface area (Å²) in [5, 5.41) is 2.50. The summed E-state index contributed by atoms with van der Waals surface area (Å²) >= 11 is 0. The van der Waals surface area contributed by atoms with Crippen LogP contribution in [0.1, 0.15) is 12.5 Å². The van der Waals surface area contributed by atoms with Crippen molar-refractivity contribution in [3.63, 3.8) is 0 Å². The first kappa shape index (κ1) is 28.0. The summed E-state index contributed by atoms with van der Waals surface area (Å²) in [5.41, 5.74) is -0.931. The average molecular weight is 586 g/mol. The van der Waals surface area contributed by atoms with Crippen molar-refractivity contribution >= 4 is 43.0 Å². The van der Waals surface area contributed by atoms with Crippen molar-refractivity contribution in [1.29, 1.82) is 0 Å². The molecular weight excluding hydrogens is 563 g/mol. The summed E-state index contributed by atoms with van der Waals surface area (Å²) in [6, 6.07) is 13.0. The highest BCUT2D eigenvalue weighted by Gasteiger charge is 2.31. The number of nitrogens with zero attached hydrogens (tertiary/aromatic N) is 1. The van der Waals surface area contributed by atoms with Gasteiger partial charge in [-0.3, -0.25) is 13.8 Å². The van der Waals surface area contributed by atoms with E-state index in [1.54, 1.807) is 0 Å². The smallest absolute Gasteiger partial charge is 0.416 e. The van der Waals surface area contributed by atoms with Gasteiger partial charge < -0.3 is 14.8 Å². The van der Waals surface area contributed by atoms with E-state index in [-0.39, 0.29) is 34.5 Å². The largest absolute Gasteiger partial charge is 0.454 e. The molecule has 0 aromatic heterocycles. The van der Waals surface area contributed by atoms with Crippen LogP contribution < -0.4 is 23.8 Å². The third kappa shape index (κ3) is 6.54. The highest BCUT2D eigenvalue weighted by molar-refractivity contribution is 7.93. The lowest BCUT2D eigenvalue weighted by atomic mass is 10.2. The van der Waals surface area contributed by atoms with Crippen LogP contribution in [0, 0.1) is 0 Å². The van der Waals surface area contributed by atoms with Crippen LogP contribution in [0.5, 0.6) is 11.5 Å². The topological polar surface area (TPSA) is 131 Å². The second-order valence-electron chi connectivity index (χ2n) is 8.20. The maximum atomic E-state index is 12.9. The minimum atomic E-state index is -4.64. The fourth-order valence-corrected chi connectivity index (χ4v) is 5.68. The molecule has 1 aliphatic heterocycles. The zero-order chi connectivity index (χ0) is 28.4. The number of anilines is 3. The van der Waals surface area contributed by atoms with Gasteiger partial charge >= 0.3 is 6.18 Å². The standard InChI is InChI=1S/C24H22F3N3O7S2/c1-2-38(32,33)30(19-8-11-21-22(13-19)37-15-36-21)14-23(31)28-17-6-9-20(10-7-17)39(34,35)29-18-5-3-4-16(12-18)24(25,26)27/h3-13,29H,2,14-15H2,1H3,(H,28,31). The minimum absolute atomic E-state index is 0.0129. The lowest BCUT2D eigenvalue weighted by Crippen LogP contribution is -2.39. The average Bonchev–Trinajstić information content (AvgIpc) is 3.35. The molecule has 0 unspecified atom stereocenters. The summed E-state index contributed by atoms with van der Waals surface area (Å²) in [6.07, 6.45) is -4.64. The van der Waals surface area contributed by atoms with Crippen LogP contribution in [0.4, 0.5) is 30.2 Å². The van der Waals surface area contributed by atoms with E-state index in [0.29, 0.717) is 17.6 Å². The molecule has 0 fully saturated rings. The van der Waals surface area contributed by atoms with Gasteiger partial charge in [0.15, 0.2) is 11.5 Å². The number of carbonyl (C=O) groups excluding carboxylic acids is 1. The van der Waals surface area contributed by atoms with Crippen molar-refractivity contribution in [2.24, 2.45) is 0 Å². The monoisotopic (exact) mass is 585 g/mol. The van der Waals surface area contributed by atoms with Crippen LogP contribution >= 0.6 is 0 Å². The van der Waals surface area contributed by atoms with Crippen LogP contribution in [-0.2, 0) is 31.0 Å². The molecule has 1 amide bonds. The highest BCUT2D eigenvalue weighted by atomic mass is 32.2. The lowest BCUT2D eigenvalue weighted by molar-refractivity contribution is -0.137. The van der Waals surface area contributed by atoms with Crippen LogP contribution in [0.3, 0.4) is 0 Å². The number of rotatable bonds is 9. The lowest BCUT2D eigenvalue weighted by Gasteiger charge is -2.23. The number of fused-ring (bicyclic) bond motifs is 1. The fourth-order valence-electron chi connectivity index (χ4n) is 3.57. The van der Waals surface area contributed by atoms with E-state index in [9.17, 15) is 34.8 Å². The number of carbonyl (C=O) groups is 1. The Labute approximate surface area is 222 Å². The highest BCUT2D eigenvalue weighted by Crippen LogP contribution is 2.36. The second kappa shape index (κ2) is 10.6. The first-order valence-corrected chi connectivity index (χ1v) is 14.4. The Morgan fingerprint density at radius 2 is 1.62 bits per heavy atom. The van der Waals surface area contributed by atoms with E-state index < -0.39 is 44.2 Å². The molecule has 39 heavy (non-hydrogen) atoms. The number of nitrogens with one attached hydrogen (secondary N) is 2. The predicted octanol–water partition coefficient (Wildman–Crippen LogP) is 4.03. The van der Waals surface area contributed by atoms with Gasteiger partial charge in [-0.25, -0.2) is 16.8 Å². The summed E-state index contributed by atoms with van der Waals surface area (Å²) in [5.74, 6) is -0.211. The van der Waals surface area contributed by atoms with Gasteiger partial charge in [0.25, 0.3) is 10.0 Å². The summed E-state index contributed by atoms with van der Waals surface area (Å²) in [7, 11) is -8.11. The SMILES string of the molecule is CCS(=O)(=O)N(CC(=O)Nc1ccc(S(=O)(=O)Nc2cccc(C(F)(F)F)c2)cc1)c1ccc2c(c1)OCO2.